The molecule has 0 fully saturated rings. The van der Waals surface area contributed by atoms with Gasteiger partial charge in [0.25, 0.3) is 0 Å². The van der Waals surface area contributed by atoms with Crippen LogP contribution in [0.1, 0.15) is 54.5 Å². The molecule has 0 aliphatic heterocycles. The molecule has 2 N–H and O–H groups in total. The first-order valence-corrected chi connectivity index (χ1v) is 11.2. The van der Waals surface area contributed by atoms with E-state index < -0.39 is 5.97 Å². The Labute approximate surface area is 191 Å². The quantitative estimate of drug-likeness (QED) is 0.335. The minimum absolute atomic E-state index is 0.0601. The molecular weight excluding hydrogens is 436 g/mol. The van der Waals surface area contributed by atoms with Crippen molar-refractivity contribution in [3.8, 4) is 0 Å². The van der Waals surface area contributed by atoms with Crippen LogP contribution in [0.3, 0.4) is 0 Å². The van der Waals surface area contributed by atoms with Crippen LogP contribution in [-0.2, 0) is 10.2 Å². The van der Waals surface area contributed by atoms with Gasteiger partial charge in [-0.15, -0.1) is 11.3 Å². The molecule has 0 saturated heterocycles. The van der Waals surface area contributed by atoms with Gasteiger partial charge in [0.1, 0.15) is 4.88 Å². The summed E-state index contributed by atoms with van der Waals surface area (Å²) in [4.78, 5) is 12.3. The van der Waals surface area contributed by atoms with Gasteiger partial charge < -0.3 is 15.4 Å². The first-order chi connectivity index (χ1) is 14.1. The Morgan fingerprint density at radius 2 is 1.83 bits per heavy atom. The SMILES string of the molecule is COC(=O)c1sc2cc(NC(=S)NC(C)c3ccc(C(C)(C)C)cc3)ccc2c1Cl. The molecule has 3 rings (SSSR count). The number of hydrogen-bond acceptors (Lipinski definition) is 4. The summed E-state index contributed by atoms with van der Waals surface area (Å²) in [5, 5.41) is 8.29. The molecule has 158 valence electrons. The highest BCUT2D eigenvalue weighted by Gasteiger charge is 2.18. The molecule has 1 atom stereocenters. The van der Waals surface area contributed by atoms with Crippen LogP contribution in [0.4, 0.5) is 5.69 Å². The van der Waals surface area contributed by atoms with Crippen LogP contribution in [0.15, 0.2) is 42.5 Å². The summed E-state index contributed by atoms with van der Waals surface area (Å²) in [7, 11) is 1.35. The van der Waals surface area contributed by atoms with Crippen molar-refractivity contribution in [2.24, 2.45) is 0 Å². The molecule has 30 heavy (non-hydrogen) atoms. The molecule has 0 aliphatic carbocycles. The number of rotatable bonds is 4. The number of thiocarbonyl (C=S) groups is 1. The fourth-order valence-corrected chi connectivity index (χ4v) is 4.85. The Morgan fingerprint density at radius 3 is 2.43 bits per heavy atom. The number of ether oxygens (including phenoxy) is 1. The molecule has 0 spiro atoms. The van der Waals surface area contributed by atoms with Gasteiger partial charge in [0.15, 0.2) is 5.11 Å². The van der Waals surface area contributed by atoms with Crippen molar-refractivity contribution in [3.05, 3.63) is 63.5 Å². The van der Waals surface area contributed by atoms with E-state index >= 15 is 0 Å². The van der Waals surface area contributed by atoms with Gasteiger partial charge in [0, 0.05) is 15.8 Å². The number of carbonyl (C=O) groups excluding carboxylic acids is 1. The Hall–Kier alpha value is -2.15. The monoisotopic (exact) mass is 460 g/mol. The van der Waals surface area contributed by atoms with Gasteiger partial charge in [-0.05, 0) is 53.9 Å². The number of anilines is 1. The Kier molecular flexibility index (Phi) is 6.70. The zero-order valence-corrected chi connectivity index (χ0v) is 20.0. The number of methoxy groups -OCH3 is 1. The summed E-state index contributed by atoms with van der Waals surface area (Å²) >= 11 is 13.1. The van der Waals surface area contributed by atoms with Crippen LogP contribution in [0.5, 0.6) is 0 Å². The van der Waals surface area contributed by atoms with Crippen molar-refractivity contribution < 1.29 is 9.53 Å². The van der Waals surface area contributed by atoms with Crippen molar-refractivity contribution in [2.45, 2.75) is 39.2 Å². The lowest BCUT2D eigenvalue weighted by Crippen LogP contribution is -2.30. The maximum atomic E-state index is 11.9. The zero-order valence-electron chi connectivity index (χ0n) is 17.6. The van der Waals surface area contributed by atoms with E-state index in [1.165, 1.54) is 24.0 Å². The van der Waals surface area contributed by atoms with Gasteiger partial charge in [-0.3, -0.25) is 0 Å². The van der Waals surface area contributed by atoms with Crippen molar-refractivity contribution in [1.82, 2.24) is 5.32 Å². The number of hydrogen-bond donors (Lipinski definition) is 2. The van der Waals surface area contributed by atoms with Gasteiger partial charge in [0.05, 0.1) is 18.2 Å². The molecule has 0 radical (unpaired) electrons. The number of fused-ring (bicyclic) bond motifs is 1. The maximum Gasteiger partial charge on any atom is 0.349 e. The lowest BCUT2D eigenvalue weighted by Gasteiger charge is -2.21. The number of nitrogens with one attached hydrogen (secondary N) is 2. The summed E-state index contributed by atoms with van der Waals surface area (Å²) in [5.41, 5.74) is 3.41. The maximum absolute atomic E-state index is 11.9. The summed E-state index contributed by atoms with van der Waals surface area (Å²) in [5.74, 6) is -0.431. The standard InChI is InChI=1S/C23H25ClN2O2S2/c1-13(14-6-8-15(9-7-14)23(2,3)4)25-22(29)26-16-10-11-17-18(12-16)30-20(19(17)24)21(27)28-5/h6-13H,1-5H3,(H2,25,26,29). The summed E-state index contributed by atoms with van der Waals surface area (Å²) in [6.45, 7) is 8.68. The summed E-state index contributed by atoms with van der Waals surface area (Å²) < 4.78 is 5.68. The smallest absolute Gasteiger partial charge is 0.349 e. The molecule has 0 saturated carbocycles. The highest BCUT2D eigenvalue weighted by atomic mass is 35.5. The lowest BCUT2D eigenvalue weighted by atomic mass is 9.86. The minimum Gasteiger partial charge on any atom is -0.465 e. The second kappa shape index (κ2) is 8.92. The molecule has 1 aromatic heterocycles. The predicted octanol–water partition coefficient (Wildman–Crippen LogP) is 6.69. The Morgan fingerprint density at radius 1 is 1.17 bits per heavy atom. The third-order valence-corrected chi connectivity index (χ3v) is 6.74. The Bertz CT molecular complexity index is 1090. The number of carbonyl (C=O) groups is 1. The van der Waals surface area contributed by atoms with Crippen LogP contribution in [0.2, 0.25) is 5.02 Å². The van der Waals surface area contributed by atoms with Crippen molar-refractivity contribution >= 4 is 62.0 Å². The fraction of sp³-hybridized carbons (Fsp3) is 0.304. The predicted molar refractivity (Wildman–Crippen MR) is 131 cm³/mol. The molecule has 0 aliphatic rings. The molecular formula is C23H25ClN2O2S2. The van der Waals surface area contributed by atoms with E-state index in [1.54, 1.807) is 0 Å². The molecule has 7 heteroatoms. The molecule has 2 aromatic carbocycles. The second-order valence-electron chi connectivity index (χ2n) is 8.14. The van der Waals surface area contributed by atoms with Gasteiger partial charge in [0.2, 0.25) is 0 Å². The average Bonchev–Trinajstić information content (AvgIpc) is 3.02. The van der Waals surface area contributed by atoms with Gasteiger partial charge in [-0.25, -0.2) is 4.79 Å². The largest absolute Gasteiger partial charge is 0.465 e. The van der Waals surface area contributed by atoms with E-state index in [0.29, 0.717) is 15.0 Å². The molecule has 3 aromatic rings. The zero-order chi connectivity index (χ0) is 22.1. The van der Waals surface area contributed by atoms with Crippen LogP contribution >= 0.6 is 35.2 Å². The van der Waals surface area contributed by atoms with E-state index in [0.717, 1.165) is 21.3 Å². The number of benzene rings is 2. The number of halogens is 1. The average molecular weight is 461 g/mol. The molecule has 0 amide bonds. The molecule has 4 nitrogen and oxygen atoms in total. The van der Waals surface area contributed by atoms with E-state index in [-0.39, 0.29) is 11.5 Å². The highest BCUT2D eigenvalue weighted by molar-refractivity contribution is 7.80. The summed E-state index contributed by atoms with van der Waals surface area (Å²) in [6, 6.07) is 14.3. The topological polar surface area (TPSA) is 50.4 Å². The fourth-order valence-electron chi connectivity index (χ4n) is 3.09. The van der Waals surface area contributed by atoms with Crippen LogP contribution in [0.25, 0.3) is 10.1 Å². The molecule has 1 heterocycles. The van der Waals surface area contributed by atoms with Crippen LogP contribution in [0, 0.1) is 0 Å². The van der Waals surface area contributed by atoms with Gasteiger partial charge in [-0.2, -0.15) is 0 Å². The van der Waals surface area contributed by atoms with E-state index in [4.69, 9.17) is 28.6 Å². The second-order valence-corrected chi connectivity index (χ2v) is 9.98. The normalized spacial score (nSPS) is 12.5. The first kappa shape index (κ1) is 22.5. The third-order valence-electron chi connectivity index (χ3n) is 4.88. The van der Waals surface area contributed by atoms with Gasteiger partial charge >= 0.3 is 5.97 Å². The van der Waals surface area contributed by atoms with Gasteiger partial charge in [-0.1, -0.05) is 56.6 Å². The number of esters is 1. The molecule has 0 bridgehead atoms. The van der Waals surface area contributed by atoms with Crippen LogP contribution < -0.4 is 10.6 Å². The first-order valence-electron chi connectivity index (χ1n) is 9.58. The lowest BCUT2D eigenvalue weighted by molar-refractivity contribution is 0.0606. The number of thiophene rings is 1. The van der Waals surface area contributed by atoms with Crippen molar-refractivity contribution in [2.75, 3.05) is 12.4 Å². The van der Waals surface area contributed by atoms with Crippen LogP contribution in [-0.4, -0.2) is 18.2 Å². The molecule has 1 unspecified atom stereocenters. The summed E-state index contributed by atoms with van der Waals surface area (Å²) in [6.07, 6.45) is 0. The van der Waals surface area contributed by atoms with E-state index in [9.17, 15) is 4.79 Å². The van der Waals surface area contributed by atoms with Crippen molar-refractivity contribution in [3.63, 3.8) is 0 Å². The third kappa shape index (κ3) is 4.94. The van der Waals surface area contributed by atoms with E-state index in [2.05, 4.69) is 62.6 Å². The van der Waals surface area contributed by atoms with Crippen molar-refractivity contribution in [1.29, 1.82) is 0 Å². The van der Waals surface area contributed by atoms with E-state index in [1.807, 2.05) is 18.2 Å². The highest BCUT2D eigenvalue weighted by Crippen LogP contribution is 2.37. The minimum atomic E-state index is -0.431. The Balaban J connectivity index is 1.69.